The van der Waals surface area contributed by atoms with Crippen LogP contribution in [-0.4, -0.2) is 24.4 Å². The number of rotatable bonds is 9. The molecular weight excluding hydrogens is 367 g/mol. The quantitative estimate of drug-likeness (QED) is 0.348. The summed E-state index contributed by atoms with van der Waals surface area (Å²) in [5.41, 5.74) is 1.29. The number of halogens is 1. The molecular formula is C16H27IOS. The van der Waals surface area contributed by atoms with Crippen LogP contribution >= 0.6 is 0 Å². The number of hydrogen-bond acceptors (Lipinski definition) is 1. The van der Waals surface area contributed by atoms with Crippen LogP contribution in [0, 0.1) is 6.92 Å². The first-order chi connectivity index (χ1) is 8.72. The van der Waals surface area contributed by atoms with Gasteiger partial charge in [0.05, 0.1) is 12.9 Å². The van der Waals surface area contributed by atoms with Gasteiger partial charge in [-0.3, -0.25) is 0 Å². The molecule has 0 heterocycles. The van der Waals surface area contributed by atoms with E-state index in [1.807, 2.05) is 0 Å². The van der Waals surface area contributed by atoms with Crippen molar-refractivity contribution in [3.63, 3.8) is 0 Å². The number of hydrogen-bond donors (Lipinski definition) is 0. The Kier molecular flexibility index (Phi) is 12.0. The third-order valence-corrected chi connectivity index (χ3v) is 5.07. The Morgan fingerprint density at radius 3 is 2.32 bits per heavy atom. The summed E-state index contributed by atoms with van der Waals surface area (Å²) in [6, 6.07) is 8.31. The first kappa shape index (κ1) is 19.1. The maximum atomic E-state index is 5.72. The van der Waals surface area contributed by atoms with E-state index in [1.54, 1.807) is 0 Å². The van der Waals surface area contributed by atoms with Crippen molar-refractivity contribution >= 4 is 10.9 Å². The molecule has 0 radical (unpaired) electrons. The molecule has 19 heavy (non-hydrogen) atoms. The second-order valence-corrected chi connectivity index (χ2v) is 7.29. The summed E-state index contributed by atoms with van der Waals surface area (Å²) in [5, 5.41) is 0. The third-order valence-electron chi connectivity index (χ3n) is 2.98. The molecule has 0 aliphatic rings. The van der Waals surface area contributed by atoms with Gasteiger partial charge in [-0.25, -0.2) is 0 Å². The van der Waals surface area contributed by atoms with Crippen LogP contribution in [0.1, 0.15) is 38.2 Å². The standard InChI is InChI=1S/C16H27OS.HI/c1-4-13-18(3)14-7-5-6-12-17-16-10-8-15(2)9-11-16;/h8-11H,4-7,12-14H2,1-3H3;1H/q+1;/p-1. The van der Waals surface area contributed by atoms with Gasteiger partial charge in [0.2, 0.25) is 0 Å². The van der Waals surface area contributed by atoms with E-state index in [2.05, 4.69) is 44.4 Å². The zero-order chi connectivity index (χ0) is 13.2. The first-order valence-corrected chi connectivity index (χ1v) is 8.98. The number of benzene rings is 1. The molecule has 0 aliphatic carbocycles. The van der Waals surface area contributed by atoms with Gasteiger partial charge in [-0.05, 0) is 55.6 Å². The SMILES string of the molecule is CCC[S+](C)CCCCCOc1ccc(C)cc1.[I-]. The molecule has 1 aromatic rings. The van der Waals surface area contributed by atoms with Gasteiger partial charge in [0.25, 0.3) is 0 Å². The van der Waals surface area contributed by atoms with Gasteiger partial charge in [0.1, 0.15) is 17.3 Å². The van der Waals surface area contributed by atoms with E-state index in [9.17, 15) is 0 Å². The van der Waals surface area contributed by atoms with Crippen LogP contribution in [0.4, 0.5) is 0 Å². The lowest BCUT2D eigenvalue weighted by Gasteiger charge is -2.06. The summed E-state index contributed by atoms with van der Waals surface area (Å²) in [5.74, 6) is 3.81. The minimum Gasteiger partial charge on any atom is -1.00 e. The molecule has 0 N–H and O–H groups in total. The van der Waals surface area contributed by atoms with Gasteiger partial charge in [0.15, 0.2) is 0 Å². The maximum absolute atomic E-state index is 5.72. The Morgan fingerprint density at radius 1 is 1.00 bits per heavy atom. The van der Waals surface area contributed by atoms with Crippen LogP contribution in [-0.2, 0) is 10.9 Å². The molecule has 0 bridgehead atoms. The van der Waals surface area contributed by atoms with E-state index in [1.165, 1.54) is 42.8 Å². The minimum atomic E-state index is 0. The predicted molar refractivity (Wildman–Crippen MR) is 83.8 cm³/mol. The van der Waals surface area contributed by atoms with Gasteiger partial charge in [-0.15, -0.1) is 0 Å². The number of ether oxygens (including phenoxy) is 1. The summed E-state index contributed by atoms with van der Waals surface area (Å²) in [4.78, 5) is 0. The van der Waals surface area contributed by atoms with Crippen LogP contribution in [0.25, 0.3) is 0 Å². The van der Waals surface area contributed by atoms with E-state index in [0.29, 0.717) is 10.9 Å². The fourth-order valence-electron chi connectivity index (χ4n) is 1.90. The molecule has 0 saturated heterocycles. The van der Waals surface area contributed by atoms with Crippen molar-refractivity contribution in [2.45, 2.75) is 39.5 Å². The van der Waals surface area contributed by atoms with Crippen LogP contribution in [0.2, 0.25) is 0 Å². The topological polar surface area (TPSA) is 9.23 Å². The molecule has 0 aliphatic heterocycles. The highest BCUT2D eigenvalue weighted by atomic mass is 127. The molecule has 1 aromatic carbocycles. The monoisotopic (exact) mass is 394 g/mol. The van der Waals surface area contributed by atoms with Crippen LogP contribution in [0.15, 0.2) is 24.3 Å². The molecule has 0 saturated carbocycles. The smallest absolute Gasteiger partial charge is 0.119 e. The van der Waals surface area contributed by atoms with Gasteiger partial charge in [-0.2, -0.15) is 0 Å². The lowest BCUT2D eigenvalue weighted by molar-refractivity contribution is -0.00000446. The fourth-order valence-corrected chi connectivity index (χ4v) is 3.50. The highest BCUT2D eigenvalue weighted by molar-refractivity contribution is 7.96. The van der Waals surface area contributed by atoms with E-state index >= 15 is 0 Å². The third kappa shape index (κ3) is 9.61. The Balaban J connectivity index is 0.00000324. The van der Waals surface area contributed by atoms with Crippen LogP contribution < -0.4 is 28.7 Å². The molecule has 1 rings (SSSR count). The molecule has 0 amide bonds. The van der Waals surface area contributed by atoms with Crippen molar-refractivity contribution in [2.75, 3.05) is 24.4 Å². The molecule has 3 heteroatoms. The Labute approximate surface area is 138 Å². The van der Waals surface area contributed by atoms with Crippen molar-refractivity contribution < 1.29 is 28.7 Å². The van der Waals surface area contributed by atoms with Gasteiger partial charge in [-0.1, -0.05) is 24.6 Å². The maximum Gasteiger partial charge on any atom is 0.119 e. The summed E-state index contributed by atoms with van der Waals surface area (Å²) in [6.07, 6.45) is 7.56. The average Bonchev–Trinajstić information content (AvgIpc) is 2.36. The second-order valence-electron chi connectivity index (χ2n) is 4.91. The normalized spacial score (nSPS) is 11.7. The van der Waals surface area contributed by atoms with E-state index < -0.39 is 0 Å². The summed E-state index contributed by atoms with van der Waals surface area (Å²) in [7, 11) is 0.645. The molecule has 0 aromatic heterocycles. The molecule has 110 valence electrons. The zero-order valence-corrected chi connectivity index (χ0v) is 15.4. The lowest BCUT2D eigenvalue weighted by atomic mass is 10.2. The van der Waals surface area contributed by atoms with E-state index in [4.69, 9.17) is 4.74 Å². The largest absolute Gasteiger partial charge is 1.00 e. The Hall–Kier alpha value is 0.100. The molecule has 1 atom stereocenters. The highest BCUT2D eigenvalue weighted by Crippen LogP contribution is 2.12. The van der Waals surface area contributed by atoms with Gasteiger partial charge in [0, 0.05) is 0 Å². The van der Waals surface area contributed by atoms with Crippen molar-refractivity contribution in [1.82, 2.24) is 0 Å². The van der Waals surface area contributed by atoms with Gasteiger partial charge >= 0.3 is 0 Å². The van der Waals surface area contributed by atoms with E-state index in [0.717, 1.165) is 12.4 Å². The average molecular weight is 394 g/mol. The highest BCUT2D eigenvalue weighted by Gasteiger charge is 2.07. The fraction of sp³-hybridized carbons (Fsp3) is 0.625. The van der Waals surface area contributed by atoms with E-state index in [-0.39, 0.29) is 24.0 Å². The van der Waals surface area contributed by atoms with Crippen molar-refractivity contribution in [1.29, 1.82) is 0 Å². The van der Waals surface area contributed by atoms with Crippen LogP contribution in [0.5, 0.6) is 5.75 Å². The molecule has 0 fully saturated rings. The number of unbranched alkanes of at least 4 members (excludes halogenated alkanes) is 2. The van der Waals surface area contributed by atoms with Gasteiger partial charge < -0.3 is 28.7 Å². The summed E-state index contributed by atoms with van der Waals surface area (Å²) < 4.78 is 5.72. The number of aryl methyl sites for hydroxylation is 1. The molecule has 1 unspecified atom stereocenters. The van der Waals surface area contributed by atoms with Crippen LogP contribution in [0.3, 0.4) is 0 Å². The Bertz CT molecular complexity index is 313. The Morgan fingerprint density at radius 2 is 1.68 bits per heavy atom. The minimum absolute atomic E-state index is 0. The van der Waals surface area contributed by atoms with Crippen molar-refractivity contribution in [2.24, 2.45) is 0 Å². The summed E-state index contributed by atoms with van der Waals surface area (Å²) >= 11 is 0. The van der Waals surface area contributed by atoms with Crippen molar-refractivity contribution in [3.8, 4) is 5.75 Å². The first-order valence-electron chi connectivity index (χ1n) is 7.01. The van der Waals surface area contributed by atoms with Crippen molar-refractivity contribution in [3.05, 3.63) is 29.8 Å². The second kappa shape index (κ2) is 11.9. The zero-order valence-electron chi connectivity index (χ0n) is 12.5. The summed E-state index contributed by atoms with van der Waals surface area (Å²) in [6.45, 7) is 5.23. The molecule has 0 spiro atoms. The predicted octanol–water partition coefficient (Wildman–Crippen LogP) is 1.21. The lowest BCUT2D eigenvalue weighted by Crippen LogP contribution is -3.00. The molecule has 1 nitrogen and oxygen atoms in total.